The molecule has 124 valence electrons. The predicted molar refractivity (Wildman–Crippen MR) is 94.3 cm³/mol. The van der Waals surface area contributed by atoms with Crippen LogP contribution in [0.5, 0.6) is 5.75 Å². The van der Waals surface area contributed by atoms with E-state index in [9.17, 15) is 9.18 Å². The zero-order chi connectivity index (χ0) is 17.1. The largest absolute Gasteiger partial charge is 0.481 e. The number of halogens is 3. The monoisotopic (exact) mass is 455 g/mol. The summed E-state index contributed by atoms with van der Waals surface area (Å²) < 4.78 is 22.2. The highest BCUT2D eigenvalue weighted by Gasteiger charge is 2.08. The van der Waals surface area contributed by atoms with Crippen LogP contribution < -0.4 is 10.1 Å². The van der Waals surface area contributed by atoms with Gasteiger partial charge in [0.05, 0.1) is 12.2 Å². The zero-order valence-electron chi connectivity index (χ0n) is 12.3. The normalized spacial score (nSPS) is 10.8. The van der Waals surface area contributed by atoms with Gasteiger partial charge in [-0.25, -0.2) is 9.37 Å². The third-order valence-corrected chi connectivity index (χ3v) is 4.15. The number of carbonyl (C=O) groups is 1. The number of pyridine rings is 1. The maximum absolute atomic E-state index is 13.6. The van der Waals surface area contributed by atoms with E-state index >= 15 is 0 Å². The molecule has 2 aromatic heterocycles. The first kappa shape index (κ1) is 16.9. The highest BCUT2D eigenvalue weighted by molar-refractivity contribution is 9.10. The van der Waals surface area contributed by atoms with Gasteiger partial charge >= 0.3 is 0 Å². The summed E-state index contributed by atoms with van der Waals surface area (Å²) in [5.74, 6) is -0.843. The first-order chi connectivity index (χ1) is 11.5. The Morgan fingerprint density at radius 3 is 2.79 bits per heavy atom. The van der Waals surface area contributed by atoms with Crippen LogP contribution in [0.1, 0.15) is 5.69 Å². The van der Waals surface area contributed by atoms with Crippen molar-refractivity contribution in [2.75, 3.05) is 6.61 Å². The molecule has 0 unspecified atom stereocenters. The minimum atomic E-state index is -0.525. The van der Waals surface area contributed by atoms with Gasteiger partial charge < -0.3 is 14.5 Å². The number of benzene rings is 1. The van der Waals surface area contributed by atoms with Crippen molar-refractivity contribution in [3.05, 3.63) is 63.2 Å². The van der Waals surface area contributed by atoms with Crippen LogP contribution in [0.25, 0.3) is 5.65 Å². The summed E-state index contributed by atoms with van der Waals surface area (Å²) in [4.78, 5) is 16.2. The Kier molecular flexibility index (Phi) is 5.15. The smallest absolute Gasteiger partial charge is 0.258 e. The third kappa shape index (κ3) is 4.12. The Labute approximate surface area is 154 Å². The summed E-state index contributed by atoms with van der Waals surface area (Å²) in [7, 11) is 0. The van der Waals surface area contributed by atoms with Gasteiger partial charge in [-0.1, -0.05) is 15.9 Å². The molecule has 0 saturated carbocycles. The molecule has 0 saturated heterocycles. The quantitative estimate of drug-likeness (QED) is 0.636. The van der Waals surface area contributed by atoms with E-state index in [-0.39, 0.29) is 24.8 Å². The van der Waals surface area contributed by atoms with Gasteiger partial charge in [-0.15, -0.1) is 0 Å². The van der Waals surface area contributed by atoms with Crippen LogP contribution in [-0.2, 0) is 11.3 Å². The van der Waals surface area contributed by atoms with Gasteiger partial charge in [0.2, 0.25) is 0 Å². The van der Waals surface area contributed by atoms with E-state index in [1.165, 1.54) is 12.1 Å². The summed E-state index contributed by atoms with van der Waals surface area (Å²) in [6, 6.07) is 8.15. The Bertz CT molecular complexity index is 898. The number of fused-ring (bicyclic) bond motifs is 1. The fourth-order valence-electron chi connectivity index (χ4n) is 2.08. The van der Waals surface area contributed by atoms with E-state index < -0.39 is 5.82 Å². The summed E-state index contributed by atoms with van der Waals surface area (Å²) in [6.45, 7) is 0.00177. The first-order valence-corrected chi connectivity index (χ1v) is 8.57. The number of carbonyl (C=O) groups excluding carboxylic acids is 1. The Morgan fingerprint density at radius 2 is 2.00 bits per heavy atom. The van der Waals surface area contributed by atoms with Crippen molar-refractivity contribution in [1.29, 1.82) is 0 Å². The van der Waals surface area contributed by atoms with E-state index in [0.29, 0.717) is 4.47 Å². The molecule has 24 heavy (non-hydrogen) atoms. The molecule has 0 fully saturated rings. The minimum absolute atomic E-state index is 0.0333. The lowest BCUT2D eigenvalue weighted by molar-refractivity contribution is -0.123. The maximum atomic E-state index is 13.6. The fourth-order valence-corrected chi connectivity index (χ4v) is 2.76. The topological polar surface area (TPSA) is 55.6 Å². The number of aromatic nitrogens is 2. The second kappa shape index (κ2) is 7.31. The number of rotatable bonds is 5. The Balaban J connectivity index is 1.54. The number of imidazole rings is 1. The highest BCUT2D eigenvalue weighted by Crippen LogP contribution is 2.21. The molecule has 1 amide bonds. The lowest BCUT2D eigenvalue weighted by atomic mass is 10.3. The number of ether oxygens (including phenoxy) is 1. The van der Waals surface area contributed by atoms with Crippen LogP contribution in [0, 0.1) is 5.82 Å². The molecular formula is C16H12Br2FN3O2. The minimum Gasteiger partial charge on any atom is -0.481 e. The van der Waals surface area contributed by atoms with Crippen molar-refractivity contribution >= 4 is 43.4 Å². The van der Waals surface area contributed by atoms with Gasteiger partial charge in [-0.2, -0.15) is 0 Å². The van der Waals surface area contributed by atoms with Crippen LogP contribution in [-0.4, -0.2) is 21.9 Å². The molecule has 3 aromatic rings. The van der Waals surface area contributed by atoms with Gasteiger partial charge in [0.15, 0.2) is 18.2 Å². The standard InChI is InChI=1S/C16H12Br2FN3O2/c17-10-1-3-14(13(19)5-10)24-9-16(23)20-6-12-8-22-7-11(18)2-4-15(22)21-12/h1-5,7-8H,6,9H2,(H,20,23). The molecule has 8 heteroatoms. The summed E-state index contributed by atoms with van der Waals surface area (Å²) in [6.07, 6.45) is 3.71. The molecule has 0 aliphatic rings. The molecule has 2 heterocycles. The molecule has 0 radical (unpaired) electrons. The second-order valence-electron chi connectivity index (χ2n) is 4.99. The molecule has 3 rings (SSSR count). The van der Waals surface area contributed by atoms with Crippen LogP contribution in [0.3, 0.4) is 0 Å². The molecular weight excluding hydrogens is 445 g/mol. The van der Waals surface area contributed by atoms with Crippen LogP contribution in [0.2, 0.25) is 0 Å². The first-order valence-electron chi connectivity index (χ1n) is 6.99. The third-order valence-electron chi connectivity index (χ3n) is 3.18. The highest BCUT2D eigenvalue weighted by atomic mass is 79.9. The summed E-state index contributed by atoms with van der Waals surface area (Å²) in [5.41, 5.74) is 1.51. The maximum Gasteiger partial charge on any atom is 0.258 e. The number of hydrogen-bond donors (Lipinski definition) is 1. The fraction of sp³-hybridized carbons (Fsp3) is 0.125. The van der Waals surface area contributed by atoms with Crippen molar-refractivity contribution in [2.45, 2.75) is 6.54 Å². The van der Waals surface area contributed by atoms with Crippen LogP contribution >= 0.6 is 31.9 Å². The number of nitrogens with zero attached hydrogens (tertiary/aromatic N) is 2. The van der Waals surface area contributed by atoms with Crippen molar-refractivity contribution in [3.8, 4) is 5.75 Å². The molecule has 0 bridgehead atoms. The average Bonchev–Trinajstić information content (AvgIpc) is 2.94. The molecule has 1 N–H and O–H groups in total. The molecule has 5 nitrogen and oxygen atoms in total. The zero-order valence-corrected chi connectivity index (χ0v) is 15.5. The van der Waals surface area contributed by atoms with Gasteiger partial charge in [-0.05, 0) is 46.3 Å². The van der Waals surface area contributed by atoms with Gasteiger partial charge in [0, 0.05) is 21.3 Å². The Hall–Kier alpha value is -1.93. The van der Waals surface area contributed by atoms with E-state index in [2.05, 4.69) is 42.2 Å². The second-order valence-corrected chi connectivity index (χ2v) is 6.82. The number of amides is 1. The van der Waals surface area contributed by atoms with Crippen molar-refractivity contribution in [1.82, 2.24) is 14.7 Å². The molecule has 0 spiro atoms. The molecule has 0 aliphatic carbocycles. The lowest BCUT2D eigenvalue weighted by Crippen LogP contribution is -2.28. The average molecular weight is 457 g/mol. The van der Waals surface area contributed by atoms with E-state index in [0.717, 1.165) is 15.8 Å². The van der Waals surface area contributed by atoms with E-state index in [1.54, 1.807) is 6.07 Å². The molecule has 0 atom stereocenters. The van der Waals surface area contributed by atoms with Crippen molar-refractivity contribution in [3.63, 3.8) is 0 Å². The summed E-state index contributed by atoms with van der Waals surface area (Å²) >= 11 is 6.55. The summed E-state index contributed by atoms with van der Waals surface area (Å²) in [5, 5.41) is 2.69. The van der Waals surface area contributed by atoms with Crippen LogP contribution in [0.15, 0.2) is 51.7 Å². The van der Waals surface area contributed by atoms with Crippen molar-refractivity contribution < 1.29 is 13.9 Å². The lowest BCUT2D eigenvalue weighted by Gasteiger charge is -2.07. The Morgan fingerprint density at radius 1 is 1.21 bits per heavy atom. The molecule has 0 aliphatic heterocycles. The number of nitrogens with one attached hydrogen (secondary N) is 1. The van der Waals surface area contributed by atoms with Gasteiger partial charge in [-0.3, -0.25) is 4.79 Å². The van der Waals surface area contributed by atoms with Gasteiger partial charge in [0.1, 0.15) is 5.65 Å². The SMILES string of the molecule is O=C(COc1ccc(Br)cc1F)NCc1cn2cc(Br)ccc2n1. The predicted octanol–water partition coefficient (Wildman–Crippen LogP) is 3.69. The number of hydrogen-bond acceptors (Lipinski definition) is 3. The van der Waals surface area contributed by atoms with E-state index in [4.69, 9.17) is 4.74 Å². The van der Waals surface area contributed by atoms with E-state index in [1.807, 2.05) is 28.9 Å². The molecule has 1 aromatic carbocycles. The van der Waals surface area contributed by atoms with Crippen molar-refractivity contribution in [2.24, 2.45) is 0 Å². The van der Waals surface area contributed by atoms with Gasteiger partial charge in [0.25, 0.3) is 5.91 Å². The van der Waals surface area contributed by atoms with Crippen LogP contribution in [0.4, 0.5) is 4.39 Å².